The van der Waals surface area contributed by atoms with Crippen molar-refractivity contribution in [1.29, 1.82) is 0 Å². The van der Waals surface area contributed by atoms with Crippen molar-refractivity contribution in [3.63, 3.8) is 0 Å². The Morgan fingerprint density at radius 2 is 2.00 bits per heavy atom. The maximum Gasteiger partial charge on any atom is 0.0484 e. The van der Waals surface area contributed by atoms with Crippen molar-refractivity contribution >= 4 is 0 Å². The van der Waals surface area contributed by atoms with Gasteiger partial charge in [-0.3, -0.25) is 4.90 Å². The van der Waals surface area contributed by atoms with Crippen LogP contribution in [-0.2, 0) is 6.42 Å². The largest absolute Gasteiger partial charge is 0.309 e. The van der Waals surface area contributed by atoms with Crippen LogP contribution in [0.25, 0.3) is 0 Å². The average Bonchev–Trinajstić information content (AvgIpc) is 3.05. The third-order valence-electron chi connectivity index (χ3n) is 5.52. The zero-order valence-corrected chi connectivity index (χ0v) is 13.8. The average molecular weight is 286 g/mol. The summed E-state index contributed by atoms with van der Waals surface area (Å²) in [5.74, 6) is 0. The van der Waals surface area contributed by atoms with E-state index in [0.717, 1.165) is 18.6 Å². The van der Waals surface area contributed by atoms with Gasteiger partial charge in [-0.1, -0.05) is 38.1 Å². The lowest BCUT2D eigenvalue weighted by Gasteiger charge is -2.37. The molecule has 0 aromatic heterocycles. The van der Waals surface area contributed by atoms with Crippen molar-refractivity contribution < 1.29 is 0 Å². The molecule has 0 saturated carbocycles. The molecule has 4 unspecified atom stereocenters. The van der Waals surface area contributed by atoms with Gasteiger partial charge in [0.1, 0.15) is 0 Å². The summed E-state index contributed by atoms with van der Waals surface area (Å²) in [4.78, 5) is 2.84. The number of fused-ring (bicyclic) bond motifs is 1. The van der Waals surface area contributed by atoms with E-state index in [1.54, 1.807) is 11.1 Å². The lowest BCUT2D eigenvalue weighted by molar-refractivity contribution is 0.111. The van der Waals surface area contributed by atoms with E-state index in [9.17, 15) is 0 Å². The predicted molar refractivity (Wildman–Crippen MR) is 89.6 cm³/mol. The Morgan fingerprint density at radius 1 is 1.19 bits per heavy atom. The number of rotatable bonds is 5. The maximum atomic E-state index is 3.84. The van der Waals surface area contributed by atoms with Gasteiger partial charge in [-0.15, -0.1) is 0 Å². The van der Waals surface area contributed by atoms with E-state index >= 15 is 0 Å². The quantitative estimate of drug-likeness (QED) is 0.882. The van der Waals surface area contributed by atoms with Crippen molar-refractivity contribution in [2.24, 2.45) is 0 Å². The Hall–Kier alpha value is -0.860. The van der Waals surface area contributed by atoms with Gasteiger partial charge in [-0.2, -0.15) is 0 Å². The van der Waals surface area contributed by atoms with Gasteiger partial charge in [0.2, 0.25) is 0 Å². The molecule has 1 fully saturated rings. The highest BCUT2D eigenvalue weighted by atomic mass is 15.3. The van der Waals surface area contributed by atoms with Crippen LogP contribution < -0.4 is 5.32 Å². The zero-order chi connectivity index (χ0) is 14.8. The number of likely N-dealkylation sites (tertiary alicyclic amines) is 1. The second-order valence-electron chi connectivity index (χ2n) is 6.84. The van der Waals surface area contributed by atoms with Gasteiger partial charge in [0.25, 0.3) is 0 Å². The summed E-state index contributed by atoms with van der Waals surface area (Å²) in [6.07, 6.45) is 6.46. The molecule has 1 aliphatic heterocycles. The molecule has 2 aliphatic rings. The van der Waals surface area contributed by atoms with E-state index < -0.39 is 0 Å². The molecule has 1 aromatic rings. The molecule has 2 nitrogen and oxygen atoms in total. The standard InChI is InChI=1S/C19H30N2/c1-4-12-20-19-17-9-7-6-8-15(17)13-18(19)21-14(3)10-11-16(21)5-2/h6-9,14,16,18-20H,4-5,10-13H2,1-3H3. The minimum Gasteiger partial charge on any atom is -0.309 e. The lowest BCUT2D eigenvalue weighted by Crippen LogP contribution is -2.48. The van der Waals surface area contributed by atoms with Gasteiger partial charge in [-0.05, 0) is 56.7 Å². The number of hydrogen-bond donors (Lipinski definition) is 1. The number of nitrogens with one attached hydrogen (secondary N) is 1. The molecule has 0 radical (unpaired) electrons. The first-order chi connectivity index (χ1) is 10.3. The van der Waals surface area contributed by atoms with Gasteiger partial charge in [0, 0.05) is 24.2 Å². The van der Waals surface area contributed by atoms with Crippen LogP contribution in [0.4, 0.5) is 0 Å². The molecule has 0 amide bonds. The Morgan fingerprint density at radius 3 is 2.76 bits per heavy atom. The van der Waals surface area contributed by atoms with Crippen LogP contribution in [0.5, 0.6) is 0 Å². The highest BCUT2D eigenvalue weighted by Crippen LogP contribution is 2.40. The first kappa shape index (κ1) is 15.1. The molecule has 1 aliphatic carbocycles. The van der Waals surface area contributed by atoms with Gasteiger partial charge in [-0.25, -0.2) is 0 Å². The normalized spacial score (nSPS) is 32.5. The molecule has 0 bridgehead atoms. The fourth-order valence-corrected chi connectivity index (χ4v) is 4.50. The van der Waals surface area contributed by atoms with E-state index in [4.69, 9.17) is 0 Å². The molecule has 2 heteroatoms. The third kappa shape index (κ3) is 2.76. The topological polar surface area (TPSA) is 15.3 Å². The van der Waals surface area contributed by atoms with Crippen LogP contribution in [0.15, 0.2) is 24.3 Å². The molecule has 1 aromatic carbocycles. The first-order valence-corrected chi connectivity index (χ1v) is 8.84. The molecule has 116 valence electrons. The summed E-state index contributed by atoms with van der Waals surface area (Å²) in [7, 11) is 0. The van der Waals surface area contributed by atoms with Crippen molar-refractivity contribution in [2.45, 2.75) is 77.0 Å². The van der Waals surface area contributed by atoms with E-state index in [0.29, 0.717) is 12.1 Å². The minimum absolute atomic E-state index is 0.524. The molecule has 0 spiro atoms. The number of hydrogen-bond acceptors (Lipinski definition) is 2. The lowest BCUT2D eigenvalue weighted by atomic mass is 10.0. The van der Waals surface area contributed by atoms with Crippen LogP contribution in [0, 0.1) is 0 Å². The van der Waals surface area contributed by atoms with Crippen LogP contribution in [0.1, 0.15) is 63.6 Å². The summed E-state index contributed by atoms with van der Waals surface area (Å²) in [6.45, 7) is 8.16. The smallest absolute Gasteiger partial charge is 0.0484 e. The van der Waals surface area contributed by atoms with Crippen molar-refractivity contribution in [3.8, 4) is 0 Å². The van der Waals surface area contributed by atoms with Crippen LogP contribution in [-0.4, -0.2) is 29.6 Å². The first-order valence-electron chi connectivity index (χ1n) is 8.84. The van der Waals surface area contributed by atoms with Crippen molar-refractivity contribution in [2.75, 3.05) is 6.54 Å². The monoisotopic (exact) mass is 286 g/mol. The zero-order valence-electron chi connectivity index (χ0n) is 13.8. The van der Waals surface area contributed by atoms with Gasteiger partial charge < -0.3 is 5.32 Å². The van der Waals surface area contributed by atoms with E-state index in [1.807, 2.05) is 0 Å². The van der Waals surface area contributed by atoms with E-state index in [2.05, 4.69) is 55.3 Å². The van der Waals surface area contributed by atoms with Crippen LogP contribution in [0.2, 0.25) is 0 Å². The maximum absolute atomic E-state index is 3.84. The summed E-state index contributed by atoms with van der Waals surface area (Å²) in [5, 5.41) is 3.84. The third-order valence-corrected chi connectivity index (χ3v) is 5.52. The highest BCUT2D eigenvalue weighted by Gasteiger charge is 2.42. The Kier molecular flexibility index (Phi) is 4.66. The van der Waals surface area contributed by atoms with Gasteiger partial charge in [0.05, 0.1) is 0 Å². The van der Waals surface area contributed by atoms with Crippen LogP contribution in [0.3, 0.4) is 0 Å². The van der Waals surface area contributed by atoms with Crippen molar-refractivity contribution in [3.05, 3.63) is 35.4 Å². The van der Waals surface area contributed by atoms with E-state index in [-0.39, 0.29) is 0 Å². The molecule has 4 atom stereocenters. The summed E-state index contributed by atoms with van der Waals surface area (Å²) in [6, 6.07) is 11.8. The molecular formula is C19H30N2. The SMILES string of the molecule is CCCNC1c2ccccc2CC1N1C(C)CCC1CC. The van der Waals surface area contributed by atoms with Crippen LogP contribution >= 0.6 is 0 Å². The highest BCUT2D eigenvalue weighted by molar-refractivity contribution is 5.37. The summed E-state index contributed by atoms with van der Waals surface area (Å²) < 4.78 is 0. The fourth-order valence-electron chi connectivity index (χ4n) is 4.50. The van der Waals surface area contributed by atoms with Gasteiger partial charge >= 0.3 is 0 Å². The molecule has 21 heavy (non-hydrogen) atoms. The molecule has 1 N–H and O–H groups in total. The molecule has 1 heterocycles. The Bertz CT molecular complexity index is 470. The van der Waals surface area contributed by atoms with Crippen molar-refractivity contribution in [1.82, 2.24) is 10.2 Å². The molecule has 3 rings (SSSR count). The second-order valence-corrected chi connectivity index (χ2v) is 6.84. The Labute approximate surface area is 129 Å². The molecular weight excluding hydrogens is 256 g/mol. The summed E-state index contributed by atoms with van der Waals surface area (Å²) in [5.41, 5.74) is 3.11. The fraction of sp³-hybridized carbons (Fsp3) is 0.684. The minimum atomic E-state index is 0.524. The summed E-state index contributed by atoms with van der Waals surface area (Å²) >= 11 is 0. The number of benzene rings is 1. The van der Waals surface area contributed by atoms with Gasteiger partial charge in [0.15, 0.2) is 0 Å². The Balaban J connectivity index is 1.87. The second kappa shape index (κ2) is 6.50. The molecule has 1 saturated heterocycles. The van der Waals surface area contributed by atoms with E-state index in [1.165, 1.54) is 32.1 Å². The number of nitrogens with zero attached hydrogens (tertiary/aromatic N) is 1. The predicted octanol–water partition coefficient (Wildman–Crippen LogP) is 3.91.